The molecule has 0 saturated heterocycles. The van der Waals surface area contributed by atoms with Crippen molar-refractivity contribution in [3.63, 3.8) is 0 Å². The van der Waals surface area contributed by atoms with Crippen molar-refractivity contribution in [3.05, 3.63) is 70.8 Å². The Kier molecular flexibility index (Phi) is 5.53. The van der Waals surface area contributed by atoms with E-state index >= 15 is 0 Å². The molecular weight excluding hydrogens is 246 g/mol. The Balaban J connectivity index is 0. The van der Waals surface area contributed by atoms with Crippen molar-refractivity contribution in [3.8, 4) is 0 Å². The zero-order valence-corrected chi connectivity index (χ0v) is 14.4. The van der Waals surface area contributed by atoms with Gasteiger partial charge < -0.3 is 2.85 Å². The van der Waals surface area contributed by atoms with Gasteiger partial charge in [0, 0.05) is 22.3 Å². The third-order valence-electron chi connectivity index (χ3n) is 2.83. The minimum Gasteiger partial charge on any atom is -1.00 e. The quantitative estimate of drug-likeness (QED) is 0.395. The van der Waals surface area contributed by atoms with Gasteiger partial charge in [-0.2, -0.15) is 0 Å². The molecule has 80 valence electrons. The van der Waals surface area contributed by atoms with Crippen LogP contribution in [0.15, 0.2) is 48.5 Å². The fraction of sp³-hybridized carbons (Fsp3) is 0. The molecule has 0 bridgehead atoms. The predicted octanol–water partition coefficient (Wildman–Crippen LogP) is -3.30. The molecule has 3 rings (SSSR count). The molecule has 0 unspecified atom stereocenters. The van der Waals surface area contributed by atoms with Gasteiger partial charge in [-0.15, -0.1) is 0 Å². The second-order valence-electron chi connectivity index (χ2n) is 3.75. The number of rotatable bonds is 0. The van der Waals surface area contributed by atoms with Crippen molar-refractivity contribution < 1.29 is 71.6 Å². The molecule has 0 fully saturated rings. The fourth-order valence-electron chi connectivity index (χ4n) is 2.05. The van der Waals surface area contributed by atoms with E-state index in [1.54, 1.807) is 48.5 Å². The maximum atomic E-state index is 12.1. The van der Waals surface area contributed by atoms with E-state index in [4.69, 9.17) is 0 Å². The molecule has 0 atom stereocenters. The summed E-state index contributed by atoms with van der Waals surface area (Å²) in [6.07, 6.45) is 0. The molecule has 0 spiro atoms. The Labute approximate surface area is 152 Å². The van der Waals surface area contributed by atoms with Crippen molar-refractivity contribution >= 4 is 11.6 Å². The fourth-order valence-corrected chi connectivity index (χ4v) is 2.05. The molecule has 0 N–H and O–H groups in total. The molecule has 4 heteroatoms. The first-order valence-corrected chi connectivity index (χ1v) is 5.06. The second-order valence-corrected chi connectivity index (χ2v) is 3.75. The Morgan fingerprint density at radius 3 is 1.00 bits per heavy atom. The van der Waals surface area contributed by atoms with Gasteiger partial charge in [0.1, 0.15) is 0 Å². The number of hydrogen-bond donors (Lipinski definition) is 0. The molecule has 18 heavy (non-hydrogen) atoms. The van der Waals surface area contributed by atoms with Gasteiger partial charge in [-0.3, -0.25) is 9.59 Å². The molecule has 0 saturated carbocycles. The van der Waals surface area contributed by atoms with Crippen LogP contribution in [-0.2, 0) is 0 Å². The van der Waals surface area contributed by atoms with Crippen molar-refractivity contribution in [2.24, 2.45) is 0 Å². The summed E-state index contributed by atoms with van der Waals surface area (Å²) in [7, 11) is 0. The molecule has 0 radical (unpaired) electrons. The van der Waals surface area contributed by atoms with E-state index in [2.05, 4.69) is 0 Å². The number of fused-ring (bicyclic) bond motifs is 2. The third kappa shape index (κ3) is 2.42. The molecule has 2 aromatic rings. The van der Waals surface area contributed by atoms with Crippen LogP contribution >= 0.6 is 0 Å². The number of carbonyl (C=O) groups is 2. The second kappa shape index (κ2) is 6.29. The van der Waals surface area contributed by atoms with Crippen LogP contribution in [-0.4, -0.2) is 11.6 Å². The normalized spacial score (nSPS) is 11.8. The van der Waals surface area contributed by atoms with Gasteiger partial charge in [0.15, 0.2) is 11.6 Å². The standard InChI is InChI=1S/C14H8O2.2Na.2H/c15-13-9-5-1-2-6-10(9)14(16)12-8-4-3-7-11(12)13;;;;/h1-8H;;;;/q;2*+1;2*-1. The van der Waals surface area contributed by atoms with Crippen molar-refractivity contribution in [2.45, 2.75) is 0 Å². The summed E-state index contributed by atoms with van der Waals surface area (Å²) >= 11 is 0. The van der Waals surface area contributed by atoms with E-state index in [0.717, 1.165) is 0 Å². The van der Waals surface area contributed by atoms with Crippen molar-refractivity contribution in [1.29, 1.82) is 0 Å². The minimum atomic E-state index is -0.0641. The molecule has 2 nitrogen and oxygen atoms in total. The van der Waals surface area contributed by atoms with Crippen LogP contribution in [0.2, 0.25) is 0 Å². The number of ketones is 2. The first-order chi connectivity index (χ1) is 7.79. The van der Waals surface area contributed by atoms with Crippen LogP contribution in [0.3, 0.4) is 0 Å². The molecular formula is C14H10Na2O2. The summed E-state index contributed by atoms with van der Waals surface area (Å²) in [5.74, 6) is -0.128. The van der Waals surface area contributed by atoms with E-state index in [1.165, 1.54) is 0 Å². The maximum Gasteiger partial charge on any atom is 1.00 e. The number of hydrogen-bond acceptors (Lipinski definition) is 2. The minimum absolute atomic E-state index is 0. The van der Waals surface area contributed by atoms with E-state index in [9.17, 15) is 9.59 Å². The number of benzene rings is 2. The summed E-state index contributed by atoms with van der Waals surface area (Å²) in [5, 5.41) is 0. The summed E-state index contributed by atoms with van der Waals surface area (Å²) in [4.78, 5) is 24.2. The Morgan fingerprint density at radius 1 is 0.556 bits per heavy atom. The molecule has 0 aliphatic heterocycles. The summed E-state index contributed by atoms with van der Waals surface area (Å²) in [6, 6.07) is 13.9. The summed E-state index contributed by atoms with van der Waals surface area (Å²) in [6.45, 7) is 0. The Morgan fingerprint density at radius 2 is 0.778 bits per heavy atom. The van der Waals surface area contributed by atoms with E-state index < -0.39 is 0 Å². The van der Waals surface area contributed by atoms with Crippen LogP contribution in [0.5, 0.6) is 0 Å². The molecule has 1 aliphatic carbocycles. The van der Waals surface area contributed by atoms with E-state index in [1.807, 2.05) is 0 Å². The van der Waals surface area contributed by atoms with Gasteiger partial charge in [-0.05, 0) is 0 Å². The molecule has 0 heterocycles. The summed E-state index contributed by atoms with van der Waals surface area (Å²) < 4.78 is 0. The van der Waals surface area contributed by atoms with Gasteiger partial charge in [0.25, 0.3) is 0 Å². The third-order valence-corrected chi connectivity index (χ3v) is 2.83. The monoisotopic (exact) mass is 256 g/mol. The van der Waals surface area contributed by atoms with Gasteiger partial charge in [-0.25, -0.2) is 0 Å². The smallest absolute Gasteiger partial charge is 1.00 e. The zero-order chi connectivity index (χ0) is 11.1. The Bertz CT molecular complexity index is 525. The zero-order valence-electron chi connectivity index (χ0n) is 12.4. The first kappa shape index (κ1) is 15.8. The average molecular weight is 256 g/mol. The van der Waals surface area contributed by atoms with Crippen LogP contribution in [0, 0.1) is 0 Å². The van der Waals surface area contributed by atoms with E-state index in [0.29, 0.717) is 22.3 Å². The first-order valence-electron chi connectivity index (χ1n) is 5.06. The molecule has 1 aliphatic rings. The maximum absolute atomic E-state index is 12.1. The molecule has 0 amide bonds. The topological polar surface area (TPSA) is 34.1 Å². The van der Waals surface area contributed by atoms with Gasteiger partial charge in [-0.1, -0.05) is 48.5 Å². The predicted molar refractivity (Wildman–Crippen MR) is 62.0 cm³/mol. The van der Waals surface area contributed by atoms with Crippen LogP contribution < -0.4 is 59.1 Å². The van der Waals surface area contributed by atoms with Gasteiger partial charge >= 0.3 is 59.1 Å². The van der Waals surface area contributed by atoms with Crippen LogP contribution in [0.1, 0.15) is 34.7 Å². The van der Waals surface area contributed by atoms with Gasteiger partial charge in [0.2, 0.25) is 0 Å². The van der Waals surface area contributed by atoms with Crippen LogP contribution in [0.4, 0.5) is 0 Å². The Hall–Kier alpha value is -0.220. The average Bonchev–Trinajstić information content (AvgIpc) is 2.36. The largest absolute Gasteiger partial charge is 1.00 e. The van der Waals surface area contributed by atoms with Crippen molar-refractivity contribution in [2.75, 3.05) is 0 Å². The summed E-state index contributed by atoms with van der Waals surface area (Å²) in [5.41, 5.74) is 2.02. The van der Waals surface area contributed by atoms with Crippen LogP contribution in [0.25, 0.3) is 0 Å². The molecule has 0 aromatic heterocycles. The SMILES string of the molecule is O=C1c2ccccc2C(=O)c2ccccc21.[H-].[H-].[Na+].[Na+]. The van der Waals surface area contributed by atoms with Gasteiger partial charge in [0.05, 0.1) is 0 Å². The van der Waals surface area contributed by atoms with Crippen molar-refractivity contribution in [1.82, 2.24) is 0 Å². The van der Waals surface area contributed by atoms with E-state index in [-0.39, 0.29) is 73.5 Å². The molecule has 2 aromatic carbocycles. The number of carbonyl (C=O) groups excluding carboxylic acids is 2.